The molecule has 0 aliphatic carbocycles. The van der Waals surface area contributed by atoms with Gasteiger partial charge < -0.3 is 10.0 Å². The van der Waals surface area contributed by atoms with E-state index in [4.69, 9.17) is 11.6 Å². The van der Waals surface area contributed by atoms with Crippen LogP contribution in [0.1, 0.15) is 37.9 Å². The molecule has 2 heterocycles. The average molecular weight is 606 g/mol. The molecular weight excluding hydrogens is 584 g/mol. The molecule has 37 heavy (non-hydrogen) atoms. The van der Waals surface area contributed by atoms with E-state index in [1.807, 2.05) is 13.8 Å². The first kappa shape index (κ1) is 26.8. The minimum atomic E-state index is -0.755. The Labute approximate surface area is 228 Å². The monoisotopic (exact) mass is 604 g/mol. The van der Waals surface area contributed by atoms with Gasteiger partial charge in [0.25, 0.3) is 11.5 Å². The van der Waals surface area contributed by atoms with E-state index in [1.165, 1.54) is 22.8 Å². The van der Waals surface area contributed by atoms with Crippen LogP contribution >= 0.6 is 38.9 Å². The zero-order valence-corrected chi connectivity index (χ0v) is 23.2. The number of carbonyl (C=O) groups is 1. The van der Waals surface area contributed by atoms with Crippen molar-refractivity contribution in [1.29, 1.82) is 0 Å². The van der Waals surface area contributed by atoms with Crippen LogP contribution in [0.5, 0.6) is 5.75 Å². The number of phenolic OH excluding ortho intramolecular Hbond substituents is 1. The van der Waals surface area contributed by atoms with Gasteiger partial charge in [-0.15, -0.1) is 0 Å². The van der Waals surface area contributed by atoms with E-state index in [-0.39, 0.29) is 16.0 Å². The number of fused-ring (bicyclic) bond motifs is 1. The lowest BCUT2D eigenvalue weighted by molar-refractivity contribution is -0.385. The second-order valence-electron chi connectivity index (χ2n) is 8.23. The van der Waals surface area contributed by atoms with E-state index in [1.54, 1.807) is 36.1 Å². The lowest BCUT2D eigenvalue weighted by atomic mass is 9.94. The van der Waals surface area contributed by atoms with Gasteiger partial charge in [-0.25, -0.2) is 4.99 Å². The summed E-state index contributed by atoms with van der Waals surface area (Å²) in [4.78, 5) is 44.6. The fraction of sp³-hybridized carbons (Fsp3) is 0.240. The highest BCUT2D eigenvalue weighted by Gasteiger charge is 2.34. The van der Waals surface area contributed by atoms with Gasteiger partial charge in [0.05, 0.1) is 26.8 Å². The van der Waals surface area contributed by atoms with Crippen LogP contribution in [0.2, 0.25) is 5.02 Å². The van der Waals surface area contributed by atoms with Gasteiger partial charge in [0, 0.05) is 34.2 Å². The highest BCUT2D eigenvalue weighted by atomic mass is 79.9. The second kappa shape index (κ2) is 10.6. The normalized spacial score (nSPS) is 15.4. The molecule has 1 amide bonds. The van der Waals surface area contributed by atoms with Crippen molar-refractivity contribution in [3.05, 3.63) is 98.1 Å². The number of nitrogens with zero attached hydrogens (tertiary/aromatic N) is 4. The van der Waals surface area contributed by atoms with Crippen LogP contribution in [-0.2, 0) is 4.79 Å². The topological polar surface area (TPSA) is 118 Å². The van der Waals surface area contributed by atoms with Crippen molar-refractivity contribution in [3.63, 3.8) is 0 Å². The Morgan fingerprint density at radius 1 is 1.30 bits per heavy atom. The van der Waals surface area contributed by atoms with Crippen molar-refractivity contribution in [2.24, 2.45) is 4.99 Å². The van der Waals surface area contributed by atoms with Crippen LogP contribution in [-0.4, -0.2) is 38.5 Å². The highest BCUT2D eigenvalue weighted by Crippen LogP contribution is 2.34. The fourth-order valence-corrected chi connectivity index (χ4v) is 5.86. The number of allylic oxidation sites excluding steroid dienone is 1. The summed E-state index contributed by atoms with van der Waals surface area (Å²) in [7, 11) is 0. The number of amides is 1. The van der Waals surface area contributed by atoms with Crippen molar-refractivity contribution >= 4 is 56.5 Å². The van der Waals surface area contributed by atoms with Crippen LogP contribution < -0.4 is 14.9 Å². The summed E-state index contributed by atoms with van der Waals surface area (Å²) in [6.07, 6.45) is 1.39. The summed E-state index contributed by atoms with van der Waals surface area (Å²) < 4.78 is 2.02. The molecule has 0 bridgehead atoms. The zero-order valence-electron chi connectivity index (χ0n) is 20.1. The molecule has 0 radical (unpaired) electrons. The van der Waals surface area contributed by atoms with E-state index in [2.05, 4.69) is 20.9 Å². The molecule has 1 aliphatic rings. The lowest BCUT2D eigenvalue weighted by Crippen LogP contribution is -2.43. The van der Waals surface area contributed by atoms with Crippen molar-refractivity contribution in [1.82, 2.24) is 9.47 Å². The quantitative estimate of drug-likeness (QED) is 0.335. The smallest absolute Gasteiger partial charge is 0.312 e. The maximum Gasteiger partial charge on any atom is 0.312 e. The van der Waals surface area contributed by atoms with Gasteiger partial charge >= 0.3 is 5.69 Å². The summed E-state index contributed by atoms with van der Waals surface area (Å²) in [5.74, 6) is -0.775. The summed E-state index contributed by atoms with van der Waals surface area (Å²) in [6.45, 7) is 6.48. The number of hydrogen-bond acceptors (Lipinski definition) is 7. The summed E-state index contributed by atoms with van der Waals surface area (Å²) in [5, 5.41) is 22.3. The largest absolute Gasteiger partial charge is 0.502 e. The number of phenols is 1. The van der Waals surface area contributed by atoms with Crippen LogP contribution in [0, 0.1) is 10.1 Å². The third-order valence-electron chi connectivity index (χ3n) is 6.06. The molecule has 4 rings (SSSR count). The Morgan fingerprint density at radius 2 is 1.95 bits per heavy atom. The zero-order chi connectivity index (χ0) is 27.0. The Kier molecular flexibility index (Phi) is 7.67. The van der Waals surface area contributed by atoms with Gasteiger partial charge in [0.2, 0.25) is 5.75 Å². The molecule has 3 aromatic rings. The third kappa shape index (κ3) is 4.98. The molecule has 1 aliphatic heterocycles. The Balaban J connectivity index is 1.99. The minimum absolute atomic E-state index is 0.101. The standard InChI is InChI=1S/C25H22BrClN4O5S/c1-4-29(5-2)24(34)20-13(3)28-25-30(21(20)14-6-8-17(27)9-7-14)23(33)19(37-25)11-15-10-16(26)12-18(22(15)32)31(35)36/h6-12,21,32H,4-5H2,1-3H3/b19-11+/t21-/m1/s1. The second-order valence-corrected chi connectivity index (χ2v) is 10.6. The third-order valence-corrected chi connectivity index (χ3v) is 7.75. The van der Waals surface area contributed by atoms with E-state index in [9.17, 15) is 24.8 Å². The van der Waals surface area contributed by atoms with Crippen LogP contribution in [0.4, 0.5) is 5.69 Å². The molecule has 9 nitrogen and oxygen atoms in total. The molecule has 1 N–H and O–H groups in total. The Morgan fingerprint density at radius 3 is 2.54 bits per heavy atom. The number of likely N-dealkylation sites (N-methyl/N-ethyl adjacent to an activating group) is 1. The molecule has 0 saturated heterocycles. The number of hydrogen-bond donors (Lipinski definition) is 1. The van der Waals surface area contributed by atoms with E-state index >= 15 is 0 Å². The van der Waals surface area contributed by atoms with Crippen molar-refractivity contribution in [2.45, 2.75) is 26.8 Å². The van der Waals surface area contributed by atoms with E-state index < -0.39 is 28.0 Å². The van der Waals surface area contributed by atoms with Crippen LogP contribution in [0.3, 0.4) is 0 Å². The molecule has 12 heteroatoms. The van der Waals surface area contributed by atoms with Gasteiger partial charge in [0.1, 0.15) is 0 Å². The maximum absolute atomic E-state index is 13.7. The number of halogens is 2. The Bertz CT molecular complexity index is 1620. The number of thiazole rings is 1. The van der Waals surface area contributed by atoms with Crippen molar-refractivity contribution in [2.75, 3.05) is 13.1 Å². The molecule has 0 saturated carbocycles. The number of nitro groups is 1. The molecule has 0 unspecified atom stereocenters. The van der Waals surface area contributed by atoms with E-state index in [0.717, 1.165) is 11.3 Å². The van der Waals surface area contributed by atoms with Gasteiger partial charge in [-0.2, -0.15) is 0 Å². The van der Waals surface area contributed by atoms with Gasteiger partial charge in [0.15, 0.2) is 4.80 Å². The molecule has 0 spiro atoms. The van der Waals surface area contributed by atoms with Gasteiger partial charge in [-0.05, 0) is 50.6 Å². The molecule has 2 aromatic carbocycles. The maximum atomic E-state index is 13.7. The van der Waals surface area contributed by atoms with Crippen molar-refractivity contribution < 1.29 is 14.8 Å². The van der Waals surface area contributed by atoms with Crippen molar-refractivity contribution in [3.8, 4) is 5.75 Å². The fourth-order valence-electron chi connectivity index (χ4n) is 4.23. The predicted molar refractivity (Wildman–Crippen MR) is 146 cm³/mol. The first-order valence-electron chi connectivity index (χ1n) is 11.3. The average Bonchev–Trinajstić information content (AvgIpc) is 3.15. The molecule has 192 valence electrons. The first-order chi connectivity index (χ1) is 17.6. The number of benzene rings is 2. The van der Waals surface area contributed by atoms with Crippen LogP contribution in [0.15, 0.2) is 61.9 Å². The van der Waals surface area contributed by atoms with E-state index in [0.29, 0.717) is 44.2 Å². The summed E-state index contributed by atoms with van der Waals surface area (Å²) in [5.41, 5.74) is 0.724. The molecule has 0 fully saturated rings. The van der Waals surface area contributed by atoms with Gasteiger partial charge in [-0.3, -0.25) is 24.3 Å². The molecule has 1 atom stereocenters. The molecular formula is C25H22BrClN4O5S. The van der Waals surface area contributed by atoms with Gasteiger partial charge in [-0.1, -0.05) is 51.0 Å². The highest BCUT2D eigenvalue weighted by molar-refractivity contribution is 9.10. The Hall–Kier alpha value is -3.28. The number of aromatic hydroxyl groups is 1. The number of rotatable bonds is 6. The lowest BCUT2D eigenvalue weighted by Gasteiger charge is -2.29. The number of carbonyl (C=O) groups excluding carboxylic acids is 1. The summed E-state index contributed by atoms with van der Waals surface area (Å²) in [6, 6.07) is 8.83. The van der Waals surface area contributed by atoms with Crippen LogP contribution in [0.25, 0.3) is 6.08 Å². The molecule has 1 aromatic heterocycles. The minimum Gasteiger partial charge on any atom is -0.502 e. The first-order valence-corrected chi connectivity index (χ1v) is 13.3. The number of nitro benzene ring substituents is 1. The summed E-state index contributed by atoms with van der Waals surface area (Å²) >= 11 is 10.4. The SMILES string of the molecule is CCN(CC)C(=O)C1=C(C)N=c2s/c(=C/c3cc(Br)cc([N+](=O)[O-])c3O)c(=O)n2[C@@H]1c1ccc(Cl)cc1. The predicted octanol–water partition coefficient (Wildman–Crippen LogP) is 4.13. The number of aromatic nitrogens is 1.